The molecule has 0 aliphatic carbocycles. The Labute approximate surface area is 80.1 Å². The van der Waals surface area contributed by atoms with E-state index < -0.39 is 12.0 Å². The fourth-order valence-corrected chi connectivity index (χ4v) is 0.667. The first-order valence-corrected chi connectivity index (χ1v) is 3.88. The van der Waals surface area contributed by atoms with E-state index in [1.165, 1.54) is 12.4 Å². The lowest BCUT2D eigenvalue weighted by Crippen LogP contribution is -1.99. The van der Waals surface area contributed by atoms with Crippen molar-refractivity contribution in [2.75, 3.05) is 6.61 Å². The first-order chi connectivity index (χ1) is 6.72. The summed E-state index contributed by atoms with van der Waals surface area (Å²) in [6.07, 6.45) is 1.55. The van der Waals surface area contributed by atoms with Gasteiger partial charge in [-0.05, 0) is 6.92 Å². The van der Waals surface area contributed by atoms with E-state index in [1.54, 1.807) is 6.92 Å². The Bertz CT molecular complexity index is 378. The van der Waals surface area contributed by atoms with Gasteiger partial charge in [0.05, 0.1) is 12.2 Å². The maximum Gasteiger partial charge on any atom is 0.384 e. The van der Waals surface area contributed by atoms with E-state index in [0.29, 0.717) is 5.56 Å². The fraction of sp³-hybridized carbons (Fsp3) is 0.222. The average Bonchev–Trinajstić information content (AvgIpc) is 2.17. The van der Waals surface area contributed by atoms with Gasteiger partial charge in [0.2, 0.25) is 0 Å². The molecule has 0 fully saturated rings. The van der Waals surface area contributed by atoms with Crippen molar-refractivity contribution in [2.45, 2.75) is 6.92 Å². The first kappa shape index (κ1) is 10.1. The van der Waals surface area contributed by atoms with Crippen LogP contribution >= 0.6 is 0 Å². The van der Waals surface area contributed by atoms with E-state index in [-0.39, 0.29) is 6.61 Å². The minimum atomic E-state index is -0.827. The molecule has 1 aromatic heterocycles. The van der Waals surface area contributed by atoms with E-state index >= 15 is 0 Å². The number of carbonyl (C=O) groups excluding carboxylic acids is 1. The van der Waals surface area contributed by atoms with Gasteiger partial charge >= 0.3 is 12.0 Å². The molecular formula is C9H7FN2O2. The number of rotatable bonds is 1. The van der Waals surface area contributed by atoms with Gasteiger partial charge in [-0.1, -0.05) is 5.92 Å². The number of ether oxygens (including phenoxy) is 1. The molecule has 0 spiro atoms. The predicted octanol–water partition coefficient (Wildman–Crippen LogP) is 0.530. The summed E-state index contributed by atoms with van der Waals surface area (Å²) in [6, 6.07) is 0. The molecule has 0 unspecified atom stereocenters. The Hall–Kier alpha value is -1.96. The molecule has 1 aromatic rings. The van der Waals surface area contributed by atoms with Crippen LogP contribution < -0.4 is 0 Å². The Morgan fingerprint density at radius 2 is 2.21 bits per heavy atom. The third-order valence-corrected chi connectivity index (χ3v) is 1.20. The van der Waals surface area contributed by atoms with Crippen molar-refractivity contribution in [2.24, 2.45) is 0 Å². The average molecular weight is 194 g/mol. The zero-order chi connectivity index (χ0) is 10.4. The largest absolute Gasteiger partial charge is 0.456 e. The summed E-state index contributed by atoms with van der Waals surface area (Å²) in [5.41, 5.74) is 0.361. The van der Waals surface area contributed by atoms with E-state index in [9.17, 15) is 9.18 Å². The maximum atomic E-state index is 12.2. The van der Waals surface area contributed by atoms with Gasteiger partial charge < -0.3 is 4.74 Å². The molecular weight excluding hydrogens is 187 g/mol. The van der Waals surface area contributed by atoms with Crippen LogP contribution in [0.25, 0.3) is 0 Å². The molecule has 1 rings (SSSR count). The summed E-state index contributed by atoms with van der Waals surface area (Å²) in [5, 5.41) is 0. The highest BCUT2D eigenvalue weighted by Crippen LogP contribution is 1.91. The SMILES string of the molecule is CCOC(=O)C#Cc1cnc(F)nc1. The molecule has 72 valence electrons. The van der Waals surface area contributed by atoms with Crippen molar-refractivity contribution in [3.05, 3.63) is 24.0 Å². The summed E-state index contributed by atoms with van der Waals surface area (Å²) in [5.74, 6) is 4.02. The van der Waals surface area contributed by atoms with Gasteiger partial charge in [-0.2, -0.15) is 4.39 Å². The second-order valence-corrected chi connectivity index (χ2v) is 2.21. The predicted molar refractivity (Wildman–Crippen MR) is 45.5 cm³/mol. The molecule has 0 aliphatic rings. The third kappa shape index (κ3) is 3.19. The van der Waals surface area contributed by atoms with Crippen LogP contribution in [0.2, 0.25) is 0 Å². The molecule has 0 saturated carbocycles. The van der Waals surface area contributed by atoms with Gasteiger partial charge in [-0.25, -0.2) is 14.8 Å². The minimum absolute atomic E-state index is 0.271. The second kappa shape index (κ2) is 4.92. The van der Waals surface area contributed by atoms with Gasteiger partial charge in [-0.15, -0.1) is 0 Å². The van der Waals surface area contributed by atoms with Crippen molar-refractivity contribution >= 4 is 5.97 Å². The minimum Gasteiger partial charge on any atom is -0.456 e. The van der Waals surface area contributed by atoms with Gasteiger partial charge in [0.15, 0.2) is 0 Å². The third-order valence-electron chi connectivity index (χ3n) is 1.20. The number of hydrogen-bond donors (Lipinski definition) is 0. The summed E-state index contributed by atoms with van der Waals surface area (Å²) in [6.45, 7) is 1.95. The Morgan fingerprint density at radius 3 is 2.79 bits per heavy atom. The number of halogens is 1. The molecule has 0 saturated heterocycles. The monoisotopic (exact) mass is 194 g/mol. The van der Waals surface area contributed by atoms with Gasteiger partial charge in [0, 0.05) is 18.3 Å². The van der Waals surface area contributed by atoms with Crippen molar-refractivity contribution in [1.82, 2.24) is 9.97 Å². The van der Waals surface area contributed by atoms with E-state index in [0.717, 1.165) is 0 Å². The zero-order valence-corrected chi connectivity index (χ0v) is 7.45. The van der Waals surface area contributed by atoms with Crippen LogP contribution in [0.4, 0.5) is 4.39 Å². The van der Waals surface area contributed by atoms with Crippen molar-refractivity contribution in [1.29, 1.82) is 0 Å². The fourth-order valence-electron chi connectivity index (χ4n) is 0.667. The molecule has 0 atom stereocenters. The van der Waals surface area contributed by atoms with Crippen LogP contribution in [0, 0.1) is 17.9 Å². The summed E-state index contributed by atoms with van der Waals surface area (Å²) in [7, 11) is 0. The molecule has 0 aliphatic heterocycles. The van der Waals surface area contributed by atoms with Crippen LogP contribution in [-0.2, 0) is 9.53 Å². The summed E-state index contributed by atoms with van der Waals surface area (Å²) < 4.78 is 16.8. The van der Waals surface area contributed by atoms with Crippen molar-refractivity contribution in [3.8, 4) is 11.8 Å². The van der Waals surface area contributed by atoms with Crippen LogP contribution in [0.1, 0.15) is 12.5 Å². The molecule has 0 radical (unpaired) electrons. The quantitative estimate of drug-likeness (QED) is 0.372. The normalized spacial score (nSPS) is 8.71. The van der Waals surface area contributed by atoms with Crippen LogP contribution in [0.5, 0.6) is 0 Å². The summed E-state index contributed by atoms with van der Waals surface area (Å²) in [4.78, 5) is 17.3. The second-order valence-electron chi connectivity index (χ2n) is 2.21. The number of nitrogens with zero attached hydrogens (tertiary/aromatic N) is 2. The van der Waals surface area contributed by atoms with Gasteiger partial charge in [0.25, 0.3) is 0 Å². The molecule has 14 heavy (non-hydrogen) atoms. The van der Waals surface area contributed by atoms with Crippen molar-refractivity contribution in [3.63, 3.8) is 0 Å². The summed E-state index contributed by atoms with van der Waals surface area (Å²) >= 11 is 0. The smallest absolute Gasteiger partial charge is 0.384 e. The van der Waals surface area contributed by atoms with E-state index in [1.807, 2.05) is 0 Å². The number of hydrogen-bond acceptors (Lipinski definition) is 4. The van der Waals surface area contributed by atoms with E-state index in [4.69, 9.17) is 0 Å². The van der Waals surface area contributed by atoms with Crippen molar-refractivity contribution < 1.29 is 13.9 Å². The standard InChI is InChI=1S/C9H7FN2O2/c1-2-14-8(13)4-3-7-5-11-9(10)12-6-7/h5-6H,2H2,1H3. The van der Waals surface area contributed by atoms with E-state index in [2.05, 4.69) is 26.5 Å². The lowest BCUT2D eigenvalue weighted by atomic mass is 10.3. The highest BCUT2D eigenvalue weighted by molar-refractivity contribution is 5.89. The van der Waals surface area contributed by atoms with Crippen LogP contribution in [0.15, 0.2) is 12.4 Å². The molecule has 0 bridgehead atoms. The lowest BCUT2D eigenvalue weighted by molar-refractivity contribution is -0.136. The number of carbonyl (C=O) groups is 1. The van der Waals surface area contributed by atoms with Crippen LogP contribution in [0.3, 0.4) is 0 Å². The molecule has 0 amide bonds. The molecule has 0 N–H and O–H groups in total. The van der Waals surface area contributed by atoms with Gasteiger partial charge in [0.1, 0.15) is 0 Å². The molecule has 0 aromatic carbocycles. The van der Waals surface area contributed by atoms with Crippen LogP contribution in [-0.4, -0.2) is 22.5 Å². The molecule has 4 nitrogen and oxygen atoms in total. The van der Waals surface area contributed by atoms with Gasteiger partial charge in [-0.3, -0.25) is 0 Å². The molecule has 5 heteroatoms. The Balaban J connectivity index is 2.68. The number of esters is 1. The Kier molecular flexibility index (Phi) is 3.56. The maximum absolute atomic E-state index is 12.2. The zero-order valence-electron chi connectivity index (χ0n) is 7.45. The first-order valence-electron chi connectivity index (χ1n) is 3.88. The lowest BCUT2D eigenvalue weighted by Gasteiger charge is -1.91. The highest BCUT2D eigenvalue weighted by atomic mass is 19.1. The number of aromatic nitrogens is 2. The molecule has 1 heterocycles. The topological polar surface area (TPSA) is 52.1 Å². The highest BCUT2D eigenvalue weighted by Gasteiger charge is 1.94. The Morgan fingerprint density at radius 1 is 1.57 bits per heavy atom.